The normalized spacial score (nSPS) is 22.7. The number of aliphatic hydroxyl groups excluding tert-OH is 1. The lowest BCUT2D eigenvalue weighted by molar-refractivity contribution is 0.100. The van der Waals surface area contributed by atoms with Crippen molar-refractivity contribution in [1.82, 2.24) is 14.8 Å². The summed E-state index contributed by atoms with van der Waals surface area (Å²) in [6, 6.07) is 10.5. The highest BCUT2D eigenvalue weighted by Crippen LogP contribution is 2.37. The number of aryl methyl sites for hydroxylation is 1. The number of hydrogen-bond acceptors (Lipinski definition) is 5. The minimum Gasteiger partial charge on any atom is -0.411 e. The fourth-order valence-electron chi connectivity index (χ4n) is 4.63. The molecule has 0 radical (unpaired) electrons. The van der Waals surface area contributed by atoms with Crippen molar-refractivity contribution in [2.75, 3.05) is 0 Å². The Morgan fingerprint density at radius 2 is 1.86 bits per heavy atom. The van der Waals surface area contributed by atoms with Gasteiger partial charge in [-0.15, -0.1) is 0 Å². The molecule has 0 amide bonds. The van der Waals surface area contributed by atoms with E-state index in [4.69, 9.17) is 5.10 Å². The SMILES string of the molecule is ON=C1CCc2cc(-c3cn([C@H]4CCC[C@@H](O)C4)nc3-c3ccncc3)ccc21. The average molecular weight is 388 g/mol. The van der Waals surface area contributed by atoms with Crippen LogP contribution in [0.15, 0.2) is 54.1 Å². The van der Waals surface area contributed by atoms with Crippen LogP contribution in [-0.4, -0.2) is 36.9 Å². The Balaban J connectivity index is 1.60. The van der Waals surface area contributed by atoms with Gasteiger partial charge in [-0.1, -0.05) is 23.4 Å². The molecule has 0 saturated heterocycles. The van der Waals surface area contributed by atoms with Gasteiger partial charge >= 0.3 is 0 Å². The quantitative estimate of drug-likeness (QED) is 0.520. The van der Waals surface area contributed by atoms with Crippen molar-refractivity contribution in [1.29, 1.82) is 0 Å². The second kappa shape index (κ2) is 7.44. The van der Waals surface area contributed by atoms with Gasteiger partial charge in [-0.05, 0) is 61.8 Å². The van der Waals surface area contributed by atoms with Crippen molar-refractivity contribution < 1.29 is 10.3 Å². The van der Waals surface area contributed by atoms with E-state index in [-0.39, 0.29) is 12.1 Å². The summed E-state index contributed by atoms with van der Waals surface area (Å²) in [5.41, 5.74) is 7.14. The van der Waals surface area contributed by atoms with E-state index in [1.165, 1.54) is 5.56 Å². The fourth-order valence-corrected chi connectivity index (χ4v) is 4.63. The summed E-state index contributed by atoms with van der Waals surface area (Å²) in [6.07, 6.45) is 10.8. The topological polar surface area (TPSA) is 83.5 Å². The van der Waals surface area contributed by atoms with E-state index in [0.29, 0.717) is 0 Å². The summed E-state index contributed by atoms with van der Waals surface area (Å²) in [6.45, 7) is 0. The highest BCUT2D eigenvalue weighted by Gasteiger charge is 2.25. The number of aliphatic hydroxyl groups is 1. The van der Waals surface area contributed by atoms with E-state index in [1.807, 2.05) is 22.9 Å². The molecule has 0 spiro atoms. The van der Waals surface area contributed by atoms with E-state index in [0.717, 1.165) is 72.2 Å². The van der Waals surface area contributed by atoms with Crippen molar-refractivity contribution in [3.8, 4) is 22.4 Å². The highest BCUT2D eigenvalue weighted by atomic mass is 16.4. The number of nitrogens with zero attached hydrogens (tertiary/aromatic N) is 4. The summed E-state index contributed by atoms with van der Waals surface area (Å²) in [4.78, 5) is 4.14. The maximum Gasteiger partial charge on any atom is 0.100 e. The Labute approximate surface area is 169 Å². The molecule has 2 aliphatic carbocycles. The molecule has 1 saturated carbocycles. The van der Waals surface area contributed by atoms with Crippen LogP contribution in [0.1, 0.15) is 49.3 Å². The van der Waals surface area contributed by atoms with Gasteiger partial charge in [-0.3, -0.25) is 9.67 Å². The van der Waals surface area contributed by atoms with Crippen LogP contribution in [0.5, 0.6) is 0 Å². The smallest absolute Gasteiger partial charge is 0.100 e. The zero-order valence-electron chi connectivity index (χ0n) is 16.2. The molecule has 2 N–H and O–H groups in total. The molecular formula is C23H24N4O2. The second-order valence-corrected chi connectivity index (χ2v) is 8.00. The molecule has 6 nitrogen and oxygen atoms in total. The first kappa shape index (κ1) is 18.1. The summed E-state index contributed by atoms with van der Waals surface area (Å²) < 4.78 is 2.04. The third kappa shape index (κ3) is 3.34. The maximum absolute atomic E-state index is 10.1. The molecule has 3 aromatic rings. The van der Waals surface area contributed by atoms with E-state index in [9.17, 15) is 10.3 Å². The molecule has 0 unspecified atom stereocenters. The third-order valence-electron chi connectivity index (χ3n) is 6.16. The van der Waals surface area contributed by atoms with Crippen molar-refractivity contribution in [3.05, 3.63) is 60.0 Å². The zero-order valence-corrected chi connectivity index (χ0v) is 16.2. The van der Waals surface area contributed by atoms with Crippen LogP contribution in [0, 0.1) is 0 Å². The summed E-state index contributed by atoms with van der Waals surface area (Å²) >= 11 is 0. The van der Waals surface area contributed by atoms with Gasteiger partial charge in [0.1, 0.15) is 5.69 Å². The van der Waals surface area contributed by atoms with Gasteiger partial charge in [0.05, 0.1) is 17.9 Å². The number of rotatable bonds is 3. The van der Waals surface area contributed by atoms with E-state index in [1.54, 1.807) is 12.4 Å². The molecule has 148 valence electrons. The molecule has 1 fully saturated rings. The fraction of sp³-hybridized carbons (Fsp3) is 0.348. The van der Waals surface area contributed by atoms with Crippen LogP contribution in [0.25, 0.3) is 22.4 Å². The second-order valence-electron chi connectivity index (χ2n) is 8.00. The van der Waals surface area contributed by atoms with Gasteiger partial charge < -0.3 is 10.3 Å². The van der Waals surface area contributed by atoms with Crippen molar-refractivity contribution in [2.45, 2.75) is 50.7 Å². The van der Waals surface area contributed by atoms with Crippen LogP contribution >= 0.6 is 0 Å². The van der Waals surface area contributed by atoms with Crippen LogP contribution in [0.4, 0.5) is 0 Å². The molecule has 2 aromatic heterocycles. The van der Waals surface area contributed by atoms with Crippen molar-refractivity contribution in [3.63, 3.8) is 0 Å². The number of benzene rings is 1. The van der Waals surface area contributed by atoms with Gasteiger partial charge in [-0.2, -0.15) is 5.10 Å². The van der Waals surface area contributed by atoms with Gasteiger partial charge in [0.25, 0.3) is 0 Å². The Morgan fingerprint density at radius 3 is 2.66 bits per heavy atom. The van der Waals surface area contributed by atoms with Crippen LogP contribution in [-0.2, 0) is 6.42 Å². The van der Waals surface area contributed by atoms with Gasteiger partial charge in [0, 0.05) is 35.3 Å². The molecule has 2 heterocycles. The molecule has 6 heteroatoms. The Kier molecular flexibility index (Phi) is 4.64. The lowest BCUT2D eigenvalue weighted by Gasteiger charge is -2.26. The zero-order chi connectivity index (χ0) is 19.8. The first-order valence-electron chi connectivity index (χ1n) is 10.2. The molecule has 0 bridgehead atoms. The van der Waals surface area contributed by atoms with Crippen LogP contribution in [0.2, 0.25) is 0 Å². The monoisotopic (exact) mass is 388 g/mol. The van der Waals surface area contributed by atoms with Crippen LogP contribution in [0.3, 0.4) is 0 Å². The summed E-state index contributed by atoms with van der Waals surface area (Å²) in [5, 5.41) is 27.7. The minimum atomic E-state index is -0.248. The number of oxime groups is 1. The van der Waals surface area contributed by atoms with Gasteiger partial charge in [0.15, 0.2) is 0 Å². The largest absolute Gasteiger partial charge is 0.411 e. The number of hydrogen-bond donors (Lipinski definition) is 2. The molecule has 2 aliphatic rings. The number of pyridine rings is 1. The molecule has 2 atom stereocenters. The van der Waals surface area contributed by atoms with E-state index < -0.39 is 0 Å². The molecular weight excluding hydrogens is 364 g/mol. The lowest BCUT2D eigenvalue weighted by atomic mass is 9.93. The van der Waals surface area contributed by atoms with E-state index >= 15 is 0 Å². The first-order chi connectivity index (χ1) is 14.2. The van der Waals surface area contributed by atoms with Gasteiger partial charge in [0.2, 0.25) is 0 Å². The summed E-state index contributed by atoms with van der Waals surface area (Å²) in [5.74, 6) is 0. The van der Waals surface area contributed by atoms with Crippen molar-refractivity contribution >= 4 is 5.71 Å². The lowest BCUT2D eigenvalue weighted by Crippen LogP contribution is -2.22. The predicted molar refractivity (Wildman–Crippen MR) is 111 cm³/mol. The van der Waals surface area contributed by atoms with Gasteiger partial charge in [-0.25, -0.2) is 0 Å². The third-order valence-corrected chi connectivity index (χ3v) is 6.16. The molecule has 1 aromatic carbocycles. The standard InChI is InChI=1S/C23H24N4O2/c28-19-3-1-2-18(13-19)27-14-21(23(25-27)15-8-10-24-11-9-15)17-4-6-20-16(12-17)5-7-22(20)26-29/h4,6,8-12,14,18-19,28-29H,1-3,5,7,13H2/t18-,19+/m0/s1. The summed E-state index contributed by atoms with van der Waals surface area (Å²) in [7, 11) is 0. The number of aromatic nitrogens is 3. The molecule has 5 rings (SSSR count). The Hall–Kier alpha value is -2.99. The van der Waals surface area contributed by atoms with E-state index in [2.05, 4.69) is 28.5 Å². The Morgan fingerprint density at radius 1 is 1.00 bits per heavy atom. The first-order valence-corrected chi connectivity index (χ1v) is 10.2. The predicted octanol–water partition coefficient (Wildman–Crippen LogP) is 4.21. The van der Waals surface area contributed by atoms with Crippen LogP contribution < -0.4 is 0 Å². The highest BCUT2D eigenvalue weighted by molar-refractivity contribution is 6.04. The minimum absolute atomic E-state index is 0.218. The average Bonchev–Trinajstić information content (AvgIpc) is 3.38. The van der Waals surface area contributed by atoms with Crippen molar-refractivity contribution in [2.24, 2.45) is 5.16 Å². The molecule has 0 aliphatic heterocycles. The molecule has 29 heavy (non-hydrogen) atoms. The Bertz CT molecular complexity index is 1060. The number of fused-ring (bicyclic) bond motifs is 1. The maximum atomic E-state index is 10.1.